The molecule has 0 amide bonds. The van der Waals surface area contributed by atoms with Gasteiger partial charge in [-0.3, -0.25) is 0 Å². The quantitative estimate of drug-likeness (QED) is 0.648. The molecule has 64 valence electrons. The topological polar surface area (TPSA) is 38.0 Å². The number of hydrogen-bond acceptors (Lipinski definition) is 2. The van der Waals surface area contributed by atoms with Crippen molar-refractivity contribution in [3.8, 4) is 0 Å². The molecule has 0 atom stereocenters. The Hall–Kier alpha value is -0.730. The van der Waals surface area contributed by atoms with Crippen LogP contribution in [0.4, 0.5) is 5.69 Å². The second-order valence-electron chi connectivity index (χ2n) is 3.13. The molecule has 0 aromatic heterocycles. The highest BCUT2D eigenvalue weighted by molar-refractivity contribution is 6.30. The minimum atomic E-state index is 0.559. The molecule has 0 unspecified atom stereocenters. The Balaban J connectivity index is 2.34. The highest BCUT2D eigenvalue weighted by atomic mass is 35.5. The Kier molecular flexibility index (Phi) is 1.95. The van der Waals surface area contributed by atoms with E-state index in [2.05, 4.69) is 5.32 Å². The molecule has 0 radical (unpaired) electrons. The molecular formula is C9H11ClN2. The van der Waals surface area contributed by atoms with E-state index in [-0.39, 0.29) is 0 Å². The molecule has 1 aliphatic rings. The summed E-state index contributed by atoms with van der Waals surface area (Å²) in [6.07, 6.45) is 0. The molecule has 1 aromatic carbocycles. The number of anilines is 1. The van der Waals surface area contributed by atoms with Crippen molar-refractivity contribution >= 4 is 17.3 Å². The van der Waals surface area contributed by atoms with Crippen LogP contribution >= 0.6 is 11.6 Å². The molecule has 12 heavy (non-hydrogen) atoms. The maximum absolute atomic E-state index is 5.87. The number of nitrogens with one attached hydrogen (secondary N) is 1. The molecule has 0 spiro atoms. The molecular weight excluding hydrogens is 172 g/mol. The van der Waals surface area contributed by atoms with Crippen LogP contribution in [0.2, 0.25) is 5.02 Å². The zero-order chi connectivity index (χ0) is 8.55. The first-order chi connectivity index (χ1) is 5.77. The van der Waals surface area contributed by atoms with Crippen molar-refractivity contribution in [1.29, 1.82) is 0 Å². The predicted molar refractivity (Wildman–Crippen MR) is 51.5 cm³/mol. The Labute approximate surface area is 76.7 Å². The fourth-order valence-electron chi connectivity index (χ4n) is 1.41. The van der Waals surface area contributed by atoms with Gasteiger partial charge in [-0.15, -0.1) is 0 Å². The van der Waals surface area contributed by atoms with Gasteiger partial charge in [-0.05, 0) is 23.8 Å². The summed E-state index contributed by atoms with van der Waals surface area (Å²) in [5.74, 6) is 0.559. The molecule has 0 saturated carbocycles. The fourth-order valence-corrected chi connectivity index (χ4v) is 1.59. The fraction of sp³-hybridized carbons (Fsp3) is 0.333. The maximum Gasteiger partial charge on any atom is 0.0410 e. The molecule has 1 aliphatic heterocycles. The molecule has 0 aliphatic carbocycles. The summed E-state index contributed by atoms with van der Waals surface area (Å²) in [5, 5.41) is 3.98. The molecule has 2 nitrogen and oxygen atoms in total. The summed E-state index contributed by atoms with van der Waals surface area (Å²) in [6.45, 7) is 2.04. The number of hydrogen-bond donors (Lipinski definition) is 2. The van der Waals surface area contributed by atoms with Crippen molar-refractivity contribution < 1.29 is 0 Å². The number of rotatable bonds is 1. The van der Waals surface area contributed by atoms with Crippen molar-refractivity contribution in [2.45, 2.75) is 5.92 Å². The minimum Gasteiger partial charge on any atom is -0.398 e. The molecule has 3 N–H and O–H groups in total. The van der Waals surface area contributed by atoms with Crippen LogP contribution in [-0.4, -0.2) is 13.1 Å². The third-order valence-corrected chi connectivity index (χ3v) is 2.51. The van der Waals surface area contributed by atoms with Gasteiger partial charge in [0.2, 0.25) is 0 Å². The van der Waals surface area contributed by atoms with Crippen LogP contribution in [0.25, 0.3) is 0 Å². The first-order valence-corrected chi connectivity index (χ1v) is 4.41. The van der Waals surface area contributed by atoms with Gasteiger partial charge in [-0.25, -0.2) is 0 Å². The van der Waals surface area contributed by atoms with Gasteiger partial charge in [-0.2, -0.15) is 0 Å². The van der Waals surface area contributed by atoms with E-state index in [1.54, 1.807) is 0 Å². The van der Waals surface area contributed by atoms with Gasteiger partial charge in [0.25, 0.3) is 0 Å². The summed E-state index contributed by atoms with van der Waals surface area (Å²) in [5.41, 5.74) is 7.85. The van der Waals surface area contributed by atoms with Crippen LogP contribution < -0.4 is 11.1 Å². The number of nitrogen functional groups attached to an aromatic ring is 1. The number of nitrogens with two attached hydrogens (primary N) is 1. The predicted octanol–water partition coefficient (Wildman–Crippen LogP) is 1.61. The summed E-state index contributed by atoms with van der Waals surface area (Å²) >= 11 is 5.87. The lowest BCUT2D eigenvalue weighted by Gasteiger charge is -2.28. The molecule has 1 saturated heterocycles. The Morgan fingerprint density at radius 2 is 2.17 bits per heavy atom. The molecule has 0 bridgehead atoms. The van der Waals surface area contributed by atoms with Crippen LogP contribution in [-0.2, 0) is 0 Å². The minimum absolute atomic E-state index is 0.559. The van der Waals surface area contributed by atoms with E-state index < -0.39 is 0 Å². The van der Waals surface area contributed by atoms with E-state index in [9.17, 15) is 0 Å². The highest BCUT2D eigenvalue weighted by Gasteiger charge is 2.20. The lowest BCUT2D eigenvalue weighted by molar-refractivity contribution is 0.449. The summed E-state index contributed by atoms with van der Waals surface area (Å²) in [4.78, 5) is 0. The lowest BCUT2D eigenvalue weighted by atomic mass is 9.92. The first kappa shape index (κ1) is 7.90. The maximum atomic E-state index is 5.87. The van der Waals surface area contributed by atoms with Gasteiger partial charge in [0.15, 0.2) is 0 Å². The van der Waals surface area contributed by atoms with Gasteiger partial charge < -0.3 is 11.1 Å². The van der Waals surface area contributed by atoms with E-state index >= 15 is 0 Å². The normalized spacial score (nSPS) is 17.4. The van der Waals surface area contributed by atoms with Crippen molar-refractivity contribution in [3.05, 3.63) is 28.8 Å². The second-order valence-corrected chi connectivity index (χ2v) is 3.56. The van der Waals surface area contributed by atoms with Crippen LogP contribution in [0.5, 0.6) is 0 Å². The van der Waals surface area contributed by atoms with Crippen LogP contribution in [0.15, 0.2) is 18.2 Å². The molecule has 3 heteroatoms. The van der Waals surface area contributed by atoms with E-state index in [0.717, 1.165) is 23.8 Å². The smallest absolute Gasteiger partial charge is 0.0410 e. The zero-order valence-electron chi connectivity index (χ0n) is 6.68. The Morgan fingerprint density at radius 3 is 2.75 bits per heavy atom. The summed E-state index contributed by atoms with van der Waals surface area (Å²) in [6, 6.07) is 5.66. The molecule has 1 aromatic rings. The van der Waals surface area contributed by atoms with Crippen molar-refractivity contribution in [2.24, 2.45) is 0 Å². The van der Waals surface area contributed by atoms with E-state index in [1.807, 2.05) is 18.2 Å². The number of halogens is 1. The Morgan fingerprint density at radius 1 is 1.42 bits per heavy atom. The van der Waals surface area contributed by atoms with Crippen molar-refractivity contribution in [1.82, 2.24) is 5.32 Å². The van der Waals surface area contributed by atoms with Crippen molar-refractivity contribution in [2.75, 3.05) is 18.8 Å². The highest BCUT2D eigenvalue weighted by Crippen LogP contribution is 2.27. The monoisotopic (exact) mass is 182 g/mol. The first-order valence-electron chi connectivity index (χ1n) is 4.03. The largest absolute Gasteiger partial charge is 0.398 e. The summed E-state index contributed by atoms with van der Waals surface area (Å²) < 4.78 is 0. The average Bonchev–Trinajstić information content (AvgIpc) is 1.93. The molecule has 1 heterocycles. The number of benzene rings is 1. The van der Waals surface area contributed by atoms with E-state index in [4.69, 9.17) is 17.3 Å². The lowest BCUT2D eigenvalue weighted by Crippen LogP contribution is -2.40. The molecule has 2 rings (SSSR count). The third kappa shape index (κ3) is 1.28. The van der Waals surface area contributed by atoms with E-state index in [0.29, 0.717) is 5.92 Å². The zero-order valence-corrected chi connectivity index (χ0v) is 7.43. The van der Waals surface area contributed by atoms with Gasteiger partial charge >= 0.3 is 0 Å². The average molecular weight is 183 g/mol. The summed E-state index contributed by atoms with van der Waals surface area (Å²) in [7, 11) is 0. The van der Waals surface area contributed by atoms with Crippen LogP contribution in [0, 0.1) is 0 Å². The third-order valence-electron chi connectivity index (χ3n) is 2.27. The Bertz CT molecular complexity index is 295. The van der Waals surface area contributed by atoms with Gasteiger partial charge in [-0.1, -0.05) is 11.6 Å². The van der Waals surface area contributed by atoms with E-state index in [1.165, 1.54) is 5.56 Å². The van der Waals surface area contributed by atoms with Gasteiger partial charge in [0.1, 0.15) is 0 Å². The molecule has 1 fully saturated rings. The second kappa shape index (κ2) is 2.96. The van der Waals surface area contributed by atoms with Crippen molar-refractivity contribution in [3.63, 3.8) is 0 Å². The SMILES string of the molecule is Nc1ccc(Cl)cc1C1CNC1. The van der Waals surface area contributed by atoms with Crippen LogP contribution in [0.1, 0.15) is 11.5 Å². The standard InChI is InChI=1S/C9H11ClN2/c10-7-1-2-9(11)8(3-7)6-4-12-5-6/h1-3,6,12H,4-5,11H2. The van der Waals surface area contributed by atoms with Crippen LogP contribution in [0.3, 0.4) is 0 Å². The van der Waals surface area contributed by atoms with Gasteiger partial charge in [0, 0.05) is 29.7 Å². The van der Waals surface area contributed by atoms with Gasteiger partial charge in [0.05, 0.1) is 0 Å².